The summed E-state index contributed by atoms with van der Waals surface area (Å²) in [5, 5.41) is 0.725. The van der Waals surface area contributed by atoms with Gasteiger partial charge in [0.25, 0.3) is 0 Å². The van der Waals surface area contributed by atoms with Gasteiger partial charge in [-0.25, -0.2) is 8.42 Å². The van der Waals surface area contributed by atoms with Crippen LogP contribution in [0.4, 0.5) is 10.8 Å². The van der Waals surface area contributed by atoms with E-state index in [1.165, 1.54) is 11.5 Å². The molecule has 1 heterocycles. The molecule has 0 radical (unpaired) electrons. The van der Waals surface area contributed by atoms with Crippen molar-refractivity contribution < 1.29 is 8.42 Å². The largest absolute Gasteiger partial charge is 0.382 e. The number of nitrogens with zero attached hydrogens (tertiary/aromatic N) is 2. The Labute approximate surface area is 132 Å². The summed E-state index contributed by atoms with van der Waals surface area (Å²) in [6.07, 6.45) is 4.81. The van der Waals surface area contributed by atoms with Crippen molar-refractivity contribution in [2.24, 2.45) is 0 Å². The molecule has 122 valence electrons. The minimum Gasteiger partial charge on any atom is -0.382 e. The van der Waals surface area contributed by atoms with Crippen molar-refractivity contribution in [3.63, 3.8) is 0 Å². The molecule has 0 atom stereocenters. The predicted octanol–water partition coefficient (Wildman–Crippen LogP) is 3.32. The number of unbranched alkanes of at least 4 members (excludes halogenated alkanes) is 2. The van der Waals surface area contributed by atoms with Crippen molar-refractivity contribution in [1.82, 2.24) is 4.37 Å². The molecule has 0 aromatic carbocycles. The number of nitrogens with two attached hydrogens (primary N) is 1. The highest BCUT2D eigenvalue weighted by atomic mass is 32.2. The Morgan fingerprint density at radius 3 is 2.14 bits per heavy atom. The summed E-state index contributed by atoms with van der Waals surface area (Å²) >= 11 is 1.21. The highest BCUT2D eigenvalue weighted by Gasteiger charge is 2.27. The molecule has 1 rings (SSSR count). The summed E-state index contributed by atoms with van der Waals surface area (Å²) in [5.74, 6) is 0.277. The van der Waals surface area contributed by atoms with Crippen LogP contribution in [0.2, 0.25) is 0 Å². The van der Waals surface area contributed by atoms with Crippen LogP contribution in [-0.2, 0) is 9.84 Å². The van der Waals surface area contributed by atoms with Gasteiger partial charge in [0.05, 0.1) is 5.75 Å². The summed E-state index contributed by atoms with van der Waals surface area (Å²) in [6.45, 7) is 7.83. The van der Waals surface area contributed by atoms with Crippen LogP contribution in [0, 0.1) is 0 Å². The fourth-order valence-corrected chi connectivity index (χ4v) is 4.98. The van der Waals surface area contributed by atoms with Gasteiger partial charge in [0.2, 0.25) is 0 Å². The van der Waals surface area contributed by atoms with E-state index in [1.54, 1.807) is 0 Å². The van der Waals surface area contributed by atoms with E-state index in [1.807, 2.05) is 6.92 Å². The number of sulfone groups is 1. The van der Waals surface area contributed by atoms with E-state index in [0.29, 0.717) is 6.42 Å². The van der Waals surface area contributed by atoms with Crippen LogP contribution in [-0.4, -0.2) is 31.6 Å². The van der Waals surface area contributed by atoms with Crippen molar-refractivity contribution in [2.75, 3.05) is 29.5 Å². The lowest BCUT2D eigenvalue weighted by molar-refractivity contribution is 0.594. The molecule has 2 N–H and O–H groups in total. The van der Waals surface area contributed by atoms with Gasteiger partial charge < -0.3 is 10.6 Å². The average molecular weight is 334 g/mol. The van der Waals surface area contributed by atoms with Crippen LogP contribution in [0.5, 0.6) is 0 Å². The Hall–Kier alpha value is -0.820. The molecule has 1 aromatic heterocycles. The smallest absolute Gasteiger partial charge is 0.185 e. The molecule has 0 saturated heterocycles. The Balaban J connectivity index is 3.14. The molecule has 1 aromatic rings. The Morgan fingerprint density at radius 2 is 1.67 bits per heavy atom. The minimum absolute atomic E-state index is 0.123. The third-order valence-electron chi connectivity index (χ3n) is 3.29. The molecule has 0 bridgehead atoms. The fourth-order valence-electron chi connectivity index (χ4n) is 2.16. The summed E-state index contributed by atoms with van der Waals surface area (Å²) in [7, 11) is -3.34. The van der Waals surface area contributed by atoms with Crippen molar-refractivity contribution in [2.45, 2.75) is 57.8 Å². The molecule has 7 heteroatoms. The highest BCUT2D eigenvalue weighted by Crippen LogP contribution is 2.36. The Bertz CT molecular complexity index is 518. The SMILES string of the molecule is CCCCN(CCCC)c1snc(N)c1S(=O)(=O)CCC. The molecule has 0 aliphatic heterocycles. The summed E-state index contributed by atoms with van der Waals surface area (Å²) in [4.78, 5) is 2.39. The Kier molecular flexibility index (Phi) is 7.45. The predicted molar refractivity (Wildman–Crippen MR) is 90.9 cm³/mol. The van der Waals surface area contributed by atoms with Gasteiger partial charge in [-0.1, -0.05) is 33.6 Å². The summed E-state index contributed by atoms with van der Waals surface area (Å²) in [6, 6.07) is 0. The molecule has 0 spiro atoms. The van der Waals surface area contributed by atoms with E-state index in [0.717, 1.165) is 43.8 Å². The maximum absolute atomic E-state index is 12.4. The van der Waals surface area contributed by atoms with E-state index in [9.17, 15) is 8.42 Å². The van der Waals surface area contributed by atoms with Gasteiger partial charge in [0, 0.05) is 13.1 Å². The van der Waals surface area contributed by atoms with Crippen LogP contribution in [0.15, 0.2) is 4.90 Å². The minimum atomic E-state index is -3.34. The van der Waals surface area contributed by atoms with Gasteiger partial charge >= 0.3 is 0 Å². The first-order valence-corrected chi connectivity index (χ1v) is 10.1. The van der Waals surface area contributed by atoms with Crippen molar-refractivity contribution in [3.8, 4) is 0 Å². The van der Waals surface area contributed by atoms with Crippen molar-refractivity contribution >= 4 is 32.2 Å². The van der Waals surface area contributed by atoms with Crippen LogP contribution in [0.25, 0.3) is 0 Å². The summed E-state index contributed by atoms with van der Waals surface area (Å²) in [5.41, 5.74) is 5.85. The molecule has 0 aliphatic carbocycles. The lowest BCUT2D eigenvalue weighted by Crippen LogP contribution is -2.26. The number of hydrogen-bond donors (Lipinski definition) is 1. The van der Waals surface area contributed by atoms with Crippen LogP contribution < -0.4 is 10.6 Å². The van der Waals surface area contributed by atoms with Crippen LogP contribution >= 0.6 is 11.5 Å². The van der Waals surface area contributed by atoms with Gasteiger partial charge in [0.1, 0.15) is 9.90 Å². The lowest BCUT2D eigenvalue weighted by atomic mass is 10.2. The summed E-state index contributed by atoms with van der Waals surface area (Å²) < 4.78 is 29.0. The maximum atomic E-state index is 12.4. The first-order valence-electron chi connectivity index (χ1n) is 7.70. The van der Waals surface area contributed by atoms with Gasteiger partial charge in [0.15, 0.2) is 15.7 Å². The molecule has 0 amide bonds. The van der Waals surface area contributed by atoms with Crippen molar-refractivity contribution in [3.05, 3.63) is 0 Å². The highest BCUT2D eigenvalue weighted by molar-refractivity contribution is 7.91. The van der Waals surface area contributed by atoms with E-state index in [4.69, 9.17) is 5.73 Å². The van der Waals surface area contributed by atoms with Crippen molar-refractivity contribution in [1.29, 1.82) is 0 Å². The van der Waals surface area contributed by atoms with Gasteiger partial charge in [-0.05, 0) is 30.8 Å². The zero-order valence-corrected chi connectivity index (χ0v) is 14.9. The second-order valence-corrected chi connectivity index (χ2v) is 8.01. The molecular weight excluding hydrogens is 306 g/mol. The molecule has 0 aliphatic rings. The standard InChI is InChI=1S/C14H27N3O2S2/c1-4-7-9-17(10-8-5-2)14-12(13(15)16-20-14)21(18,19)11-6-3/h4-11H2,1-3H3,(H2,15,16). The number of nitrogen functional groups attached to an aromatic ring is 1. The van der Waals surface area contributed by atoms with E-state index >= 15 is 0 Å². The average Bonchev–Trinajstić information content (AvgIpc) is 2.81. The maximum Gasteiger partial charge on any atom is 0.185 e. The molecule has 0 unspecified atom stereocenters. The second kappa shape index (κ2) is 8.58. The van der Waals surface area contributed by atoms with Gasteiger partial charge in [-0.2, -0.15) is 4.37 Å². The number of aromatic nitrogens is 1. The van der Waals surface area contributed by atoms with E-state index in [2.05, 4.69) is 23.1 Å². The molecule has 21 heavy (non-hydrogen) atoms. The monoisotopic (exact) mass is 333 g/mol. The normalized spacial score (nSPS) is 11.8. The third kappa shape index (κ3) is 4.85. The third-order valence-corrected chi connectivity index (χ3v) is 6.31. The fraction of sp³-hybridized carbons (Fsp3) is 0.786. The van der Waals surface area contributed by atoms with Crippen LogP contribution in [0.3, 0.4) is 0 Å². The van der Waals surface area contributed by atoms with E-state index < -0.39 is 9.84 Å². The second-order valence-electron chi connectivity index (χ2n) is 5.22. The number of hydrogen-bond acceptors (Lipinski definition) is 6. The zero-order valence-electron chi connectivity index (χ0n) is 13.3. The van der Waals surface area contributed by atoms with Gasteiger partial charge in [-0.15, -0.1) is 0 Å². The molecule has 0 saturated carbocycles. The molecule has 0 fully saturated rings. The van der Waals surface area contributed by atoms with Gasteiger partial charge in [-0.3, -0.25) is 0 Å². The number of anilines is 2. The first kappa shape index (κ1) is 18.2. The molecular formula is C14H27N3O2S2. The number of rotatable bonds is 10. The quantitative estimate of drug-likeness (QED) is 0.711. The Morgan fingerprint density at radius 1 is 1.10 bits per heavy atom. The topological polar surface area (TPSA) is 76.3 Å². The van der Waals surface area contributed by atoms with E-state index in [-0.39, 0.29) is 16.5 Å². The molecule has 5 nitrogen and oxygen atoms in total. The van der Waals surface area contributed by atoms with Crippen LogP contribution in [0.1, 0.15) is 52.9 Å². The lowest BCUT2D eigenvalue weighted by Gasteiger charge is -2.23. The zero-order chi connectivity index (χ0) is 15.9. The first-order chi connectivity index (χ1) is 9.97.